The van der Waals surface area contributed by atoms with Crippen molar-refractivity contribution in [3.63, 3.8) is 0 Å². The zero-order valence-corrected chi connectivity index (χ0v) is 13.0. The predicted molar refractivity (Wildman–Crippen MR) is 82.1 cm³/mol. The molecule has 3 heteroatoms. The third kappa shape index (κ3) is 3.27. The van der Waals surface area contributed by atoms with Gasteiger partial charge in [-0.3, -0.25) is 0 Å². The second-order valence-electron chi connectivity index (χ2n) is 5.14. The molecule has 1 aromatic rings. The molecule has 1 aliphatic rings. The minimum atomic E-state index is 0.909. The third-order valence-corrected chi connectivity index (χ3v) is 4.33. The van der Waals surface area contributed by atoms with Crippen LogP contribution in [0.2, 0.25) is 0 Å². The van der Waals surface area contributed by atoms with E-state index in [0.29, 0.717) is 0 Å². The van der Waals surface area contributed by atoms with Gasteiger partial charge < -0.3 is 10.2 Å². The van der Waals surface area contributed by atoms with Gasteiger partial charge in [0.15, 0.2) is 0 Å². The highest BCUT2D eigenvalue weighted by molar-refractivity contribution is 9.10. The first kappa shape index (κ1) is 13.9. The molecule has 0 radical (unpaired) electrons. The summed E-state index contributed by atoms with van der Waals surface area (Å²) in [6.45, 7) is 5.49. The fourth-order valence-corrected chi connectivity index (χ4v) is 2.91. The number of halogens is 1. The average Bonchev–Trinajstić information content (AvgIpc) is 2.31. The van der Waals surface area contributed by atoms with E-state index in [1.807, 2.05) is 7.05 Å². The molecule has 0 unspecified atom stereocenters. The fourth-order valence-electron chi connectivity index (χ4n) is 2.56. The molecule has 0 saturated heterocycles. The SMILES string of the molecule is CCN(CC1CCC1)c1cc(Br)ccc1CNC. The first-order valence-electron chi connectivity index (χ1n) is 6.92. The van der Waals surface area contributed by atoms with Crippen molar-refractivity contribution in [1.29, 1.82) is 0 Å². The van der Waals surface area contributed by atoms with Gasteiger partial charge in [-0.15, -0.1) is 0 Å². The lowest BCUT2D eigenvalue weighted by atomic mass is 9.85. The van der Waals surface area contributed by atoms with E-state index in [1.54, 1.807) is 0 Å². The van der Waals surface area contributed by atoms with Crippen molar-refractivity contribution in [3.8, 4) is 0 Å². The number of nitrogens with one attached hydrogen (secondary N) is 1. The maximum Gasteiger partial charge on any atom is 0.0423 e. The van der Waals surface area contributed by atoms with Crippen LogP contribution in [0.1, 0.15) is 31.7 Å². The Morgan fingerprint density at radius 2 is 2.17 bits per heavy atom. The van der Waals surface area contributed by atoms with Crippen LogP contribution in [0.25, 0.3) is 0 Å². The molecule has 1 saturated carbocycles. The van der Waals surface area contributed by atoms with Crippen LogP contribution in [-0.4, -0.2) is 20.1 Å². The van der Waals surface area contributed by atoms with E-state index in [-0.39, 0.29) is 0 Å². The third-order valence-electron chi connectivity index (χ3n) is 3.84. The van der Waals surface area contributed by atoms with Gasteiger partial charge in [0.25, 0.3) is 0 Å². The van der Waals surface area contributed by atoms with Crippen LogP contribution < -0.4 is 10.2 Å². The number of nitrogens with zero attached hydrogens (tertiary/aromatic N) is 1. The van der Waals surface area contributed by atoms with Crippen LogP contribution >= 0.6 is 15.9 Å². The topological polar surface area (TPSA) is 15.3 Å². The molecule has 2 nitrogen and oxygen atoms in total. The molecule has 0 amide bonds. The first-order valence-corrected chi connectivity index (χ1v) is 7.72. The van der Waals surface area contributed by atoms with Crippen molar-refractivity contribution in [2.24, 2.45) is 5.92 Å². The Hall–Kier alpha value is -0.540. The largest absolute Gasteiger partial charge is 0.371 e. The van der Waals surface area contributed by atoms with Gasteiger partial charge in [-0.1, -0.05) is 28.4 Å². The maximum absolute atomic E-state index is 3.60. The predicted octanol–water partition coefficient (Wildman–Crippen LogP) is 3.79. The zero-order chi connectivity index (χ0) is 13.0. The minimum Gasteiger partial charge on any atom is -0.371 e. The highest BCUT2D eigenvalue weighted by Gasteiger charge is 2.21. The van der Waals surface area contributed by atoms with E-state index < -0.39 is 0 Å². The van der Waals surface area contributed by atoms with E-state index in [2.05, 4.69) is 51.3 Å². The quantitative estimate of drug-likeness (QED) is 0.860. The molecule has 2 rings (SSSR count). The van der Waals surface area contributed by atoms with Crippen LogP contribution in [0.4, 0.5) is 5.69 Å². The van der Waals surface area contributed by atoms with Crippen molar-refractivity contribution in [2.75, 3.05) is 25.0 Å². The molecule has 1 N–H and O–H groups in total. The smallest absolute Gasteiger partial charge is 0.0423 e. The lowest BCUT2D eigenvalue weighted by Gasteiger charge is -2.34. The molecule has 0 atom stereocenters. The molecule has 18 heavy (non-hydrogen) atoms. The number of hydrogen-bond donors (Lipinski definition) is 1. The van der Waals surface area contributed by atoms with Gasteiger partial charge in [-0.2, -0.15) is 0 Å². The van der Waals surface area contributed by atoms with Crippen molar-refractivity contribution < 1.29 is 0 Å². The van der Waals surface area contributed by atoms with Gasteiger partial charge in [-0.25, -0.2) is 0 Å². The summed E-state index contributed by atoms with van der Waals surface area (Å²) < 4.78 is 1.17. The molecular weight excluding hydrogens is 288 g/mol. The fraction of sp³-hybridized carbons (Fsp3) is 0.600. The lowest BCUT2D eigenvalue weighted by molar-refractivity contribution is 0.318. The molecule has 0 spiro atoms. The molecule has 100 valence electrons. The summed E-state index contributed by atoms with van der Waals surface area (Å²) in [4.78, 5) is 2.53. The van der Waals surface area contributed by atoms with E-state index in [1.165, 1.54) is 41.5 Å². The Morgan fingerprint density at radius 3 is 2.72 bits per heavy atom. The standard InChI is InChI=1S/C15H23BrN2/c1-3-18(11-12-5-4-6-12)15-9-14(16)8-7-13(15)10-17-2/h7-9,12,17H,3-6,10-11H2,1-2H3. The highest BCUT2D eigenvalue weighted by atomic mass is 79.9. The summed E-state index contributed by atoms with van der Waals surface area (Å²) in [5.41, 5.74) is 2.77. The van der Waals surface area contributed by atoms with Crippen LogP contribution in [0, 0.1) is 5.92 Å². The summed E-state index contributed by atoms with van der Waals surface area (Å²) in [6.07, 6.45) is 4.24. The summed E-state index contributed by atoms with van der Waals surface area (Å²) in [7, 11) is 2.01. The second-order valence-corrected chi connectivity index (χ2v) is 6.05. The van der Waals surface area contributed by atoms with Crippen molar-refractivity contribution in [1.82, 2.24) is 5.32 Å². The normalized spacial score (nSPS) is 15.5. The van der Waals surface area contributed by atoms with Crippen LogP contribution in [0.15, 0.2) is 22.7 Å². The first-order chi connectivity index (χ1) is 8.74. The molecule has 0 aliphatic heterocycles. The Kier molecular flexibility index (Phi) is 5.07. The zero-order valence-electron chi connectivity index (χ0n) is 11.4. The monoisotopic (exact) mass is 310 g/mol. The van der Waals surface area contributed by atoms with Crippen molar-refractivity contribution >= 4 is 21.6 Å². The van der Waals surface area contributed by atoms with E-state index in [0.717, 1.165) is 19.0 Å². The Labute approximate surface area is 119 Å². The van der Waals surface area contributed by atoms with E-state index >= 15 is 0 Å². The second kappa shape index (κ2) is 6.58. The molecule has 0 bridgehead atoms. The minimum absolute atomic E-state index is 0.909. The summed E-state index contributed by atoms with van der Waals surface area (Å²) in [5, 5.41) is 3.26. The lowest BCUT2D eigenvalue weighted by Crippen LogP contribution is -2.33. The molecule has 1 fully saturated rings. The van der Waals surface area contributed by atoms with Gasteiger partial charge >= 0.3 is 0 Å². The average molecular weight is 311 g/mol. The van der Waals surface area contributed by atoms with Crippen molar-refractivity contribution in [3.05, 3.63) is 28.2 Å². The number of anilines is 1. The van der Waals surface area contributed by atoms with Gasteiger partial charge in [-0.05, 0) is 50.4 Å². The molecule has 1 aliphatic carbocycles. The van der Waals surface area contributed by atoms with E-state index in [4.69, 9.17) is 0 Å². The highest BCUT2D eigenvalue weighted by Crippen LogP contribution is 2.31. The Bertz CT molecular complexity index is 388. The number of hydrogen-bond acceptors (Lipinski definition) is 2. The van der Waals surface area contributed by atoms with Gasteiger partial charge in [0.1, 0.15) is 0 Å². The van der Waals surface area contributed by atoms with Crippen LogP contribution in [-0.2, 0) is 6.54 Å². The summed E-state index contributed by atoms with van der Waals surface area (Å²) >= 11 is 3.60. The maximum atomic E-state index is 3.60. The number of rotatable bonds is 6. The van der Waals surface area contributed by atoms with Gasteiger partial charge in [0.2, 0.25) is 0 Å². The van der Waals surface area contributed by atoms with E-state index in [9.17, 15) is 0 Å². The molecule has 1 aromatic carbocycles. The number of benzene rings is 1. The molecular formula is C15H23BrN2. The Balaban J connectivity index is 2.18. The summed E-state index contributed by atoms with van der Waals surface area (Å²) in [6, 6.07) is 6.61. The van der Waals surface area contributed by atoms with Crippen LogP contribution in [0.3, 0.4) is 0 Å². The Morgan fingerprint density at radius 1 is 1.39 bits per heavy atom. The van der Waals surface area contributed by atoms with Gasteiger partial charge in [0, 0.05) is 29.8 Å². The van der Waals surface area contributed by atoms with Crippen molar-refractivity contribution in [2.45, 2.75) is 32.7 Å². The molecule has 0 heterocycles. The molecule has 0 aromatic heterocycles. The van der Waals surface area contributed by atoms with Gasteiger partial charge in [0.05, 0.1) is 0 Å². The summed E-state index contributed by atoms with van der Waals surface area (Å²) in [5.74, 6) is 0.909. The van der Waals surface area contributed by atoms with Crippen LogP contribution in [0.5, 0.6) is 0 Å².